The van der Waals surface area contributed by atoms with Crippen LogP contribution in [-0.4, -0.2) is 38.8 Å². The first kappa shape index (κ1) is 18.0. The predicted molar refractivity (Wildman–Crippen MR) is 106 cm³/mol. The van der Waals surface area contributed by atoms with Gasteiger partial charge in [0.15, 0.2) is 0 Å². The number of para-hydroxylation sites is 1. The first-order valence-electron chi connectivity index (χ1n) is 8.04. The first-order chi connectivity index (χ1) is 12.1. The minimum absolute atomic E-state index is 0.125. The fourth-order valence-electron chi connectivity index (χ4n) is 2.66. The molecule has 1 amide bonds. The molecule has 1 aliphatic rings. The third kappa shape index (κ3) is 4.87. The topological polar surface area (TPSA) is 53.6 Å². The maximum atomic E-state index is 12.2. The zero-order chi connectivity index (χ0) is 17.6. The molecule has 0 aromatic heterocycles. The number of carbonyl (C=O) groups excluding carboxylic acids is 1. The van der Waals surface area contributed by atoms with Gasteiger partial charge in [0.1, 0.15) is 0 Å². The number of nitrogens with one attached hydrogen (secondary N) is 2. The number of hydrogen-bond acceptors (Lipinski definition) is 4. The summed E-state index contributed by atoms with van der Waals surface area (Å²) < 4.78 is 6.25. The van der Waals surface area contributed by atoms with E-state index in [1.165, 1.54) is 0 Å². The molecule has 0 bridgehead atoms. The summed E-state index contributed by atoms with van der Waals surface area (Å²) in [5.74, 6) is -0.125. The Bertz CT molecular complexity index is 751. The molecule has 0 spiro atoms. The second-order valence-corrected chi connectivity index (χ2v) is 6.93. The van der Waals surface area contributed by atoms with Gasteiger partial charge in [-0.1, -0.05) is 23.7 Å². The summed E-state index contributed by atoms with van der Waals surface area (Å²) in [5.41, 5.74) is 2.62. The standard InChI is InChI=1S/C18H19BrClN3O2/c19-14-3-1-2-4-15(14)22-18(24)12-21-16-11-13(20)5-6-17(16)23-7-9-25-10-8-23/h1-6,11,21H,7-10,12H2,(H,22,24). The van der Waals surface area contributed by atoms with E-state index in [9.17, 15) is 4.79 Å². The molecule has 1 heterocycles. The highest BCUT2D eigenvalue weighted by atomic mass is 79.9. The van der Waals surface area contributed by atoms with Crippen LogP contribution < -0.4 is 15.5 Å². The predicted octanol–water partition coefficient (Wildman–Crippen LogP) is 3.99. The lowest BCUT2D eigenvalue weighted by molar-refractivity contribution is -0.114. The van der Waals surface area contributed by atoms with Crippen LogP contribution in [0.2, 0.25) is 5.02 Å². The van der Waals surface area contributed by atoms with E-state index in [0.29, 0.717) is 18.2 Å². The average molecular weight is 425 g/mol. The van der Waals surface area contributed by atoms with Gasteiger partial charge < -0.3 is 20.3 Å². The van der Waals surface area contributed by atoms with Crippen LogP contribution in [0.1, 0.15) is 0 Å². The summed E-state index contributed by atoms with van der Waals surface area (Å²) in [6.45, 7) is 3.19. The van der Waals surface area contributed by atoms with Crippen LogP contribution in [0.25, 0.3) is 0 Å². The number of morpholine rings is 1. The van der Waals surface area contributed by atoms with Gasteiger partial charge in [-0.25, -0.2) is 0 Å². The van der Waals surface area contributed by atoms with Gasteiger partial charge in [0.05, 0.1) is 36.8 Å². The van der Waals surface area contributed by atoms with Crippen molar-refractivity contribution in [2.75, 3.05) is 48.4 Å². The van der Waals surface area contributed by atoms with Gasteiger partial charge in [-0.3, -0.25) is 4.79 Å². The highest BCUT2D eigenvalue weighted by molar-refractivity contribution is 9.10. The summed E-state index contributed by atoms with van der Waals surface area (Å²) in [6, 6.07) is 13.2. The largest absolute Gasteiger partial charge is 0.378 e. The summed E-state index contributed by atoms with van der Waals surface area (Å²) in [6.07, 6.45) is 0. The molecule has 7 heteroatoms. The van der Waals surface area contributed by atoms with Crippen molar-refractivity contribution in [2.45, 2.75) is 0 Å². The van der Waals surface area contributed by atoms with E-state index in [2.05, 4.69) is 31.5 Å². The van der Waals surface area contributed by atoms with Crippen LogP contribution in [0, 0.1) is 0 Å². The van der Waals surface area contributed by atoms with Gasteiger partial charge in [-0.2, -0.15) is 0 Å². The van der Waals surface area contributed by atoms with Crippen LogP contribution in [-0.2, 0) is 9.53 Å². The second kappa shape index (κ2) is 8.56. The lowest BCUT2D eigenvalue weighted by atomic mass is 10.2. The van der Waals surface area contributed by atoms with Crippen molar-refractivity contribution in [2.24, 2.45) is 0 Å². The molecule has 5 nitrogen and oxygen atoms in total. The van der Waals surface area contributed by atoms with Crippen molar-refractivity contribution in [3.8, 4) is 0 Å². The molecule has 0 aliphatic carbocycles. The average Bonchev–Trinajstić information content (AvgIpc) is 2.63. The second-order valence-electron chi connectivity index (χ2n) is 5.64. The van der Waals surface area contributed by atoms with Crippen molar-refractivity contribution in [1.29, 1.82) is 0 Å². The molecule has 0 unspecified atom stereocenters. The molecule has 2 N–H and O–H groups in total. The van der Waals surface area contributed by atoms with Crippen molar-refractivity contribution >= 4 is 50.5 Å². The Balaban J connectivity index is 1.66. The van der Waals surface area contributed by atoms with Crippen molar-refractivity contribution in [1.82, 2.24) is 0 Å². The van der Waals surface area contributed by atoms with E-state index in [-0.39, 0.29) is 12.5 Å². The molecular weight excluding hydrogens is 406 g/mol. The number of anilines is 3. The van der Waals surface area contributed by atoms with E-state index < -0.39 is 0 Å². The van der Waals surface area contributed by atoms with E-state index >= 15 is 0 Å². The number of halogens is 2. The fourth-order valence-corrected chi connectivity index (χ4v) is 3.22. The Labute approximate surface area is 160 Å². The molecule has 132 valence electrons. The van der Waals surface area contributed by atoms with Crippen LogP contribution in [0.3, 0.4) is 0 Å². The van der Waals surface area contributed by atoms with Crippen LogP contribution >= 0.6 is 27.5 Å². The van der Waals surface area contributed by atoms with E-state index in [1.807, 2.05) is 42.5 Å². The molecule has 0 saturated carbocycles. The Morgan fingerprint density at radius 1 is 1.16 bits per heavy atom. The highest BCUT2D eigenvalue weighted by Gasteiger charge is 2.16. The number of carbonyl (C=O) groups is 1. The number of ether oxygens (including phenoxy) is 1. The minimum Gasteiger partial charge on any atom is -0.378 e. The molecule has 1 fully saturated rings. The summed E-state index contributed by atoms with van der Waals surface area (Å²) >= 11 is 9.55. The summed E-state index contributed by atoms with van der Waals surface area (Å²) in [7, 11) is 0. The normalized spacial score (nSPS) is 14.2. The van der Waals surface area contributed by atoms with Gasteiger partial charge in [0.2, 0.25) is 5.91 Å². The Morgan fingerprint density at radius 2 is 1.92 bits per heavy atom. The number of hydrogen-bond donors (Lipinski definition) is 2. The quantitative estimate of drug-likeness (QED) is 0.762. The number of benzene rings is 2. The highest BCUT2D eigenvalue weighted by Crippen LogP contribution is 2.30. The van der Waals surface area contributed by atoms with Crippen LogP contribution in [0.5, 0.6) is 0 Å². The first-order valence-corrected chi connectivity index (χ1v) is 9.21. The van der Waals surface area contributed by atoms with E-state index in [4.69, 9.17) is 16.3 Å². The van der Waals surface area contributed by atoms with E-state index in [1.54, 1.807) is 0 Å². The third-order valence-corrected chi connectivity index (χ3v) is 4.82. The lowest BCUT2D eigenvalue weighted by Crippen LogP contribution is -2.36. The van der Waals surface area contributed by atoms with Crippen LogP contribution in [0.15, 0.2) is 46.9 Å². The fraction of sp³-hybridized carbons (Fsp3) is 0.278. The van der Waals surface area contributed by atoms with Gasteiger partial charge in [0.25, 0.3) is 0 Å². The minimum atomic E-state index is -0.125. The number of nitrogens with zero attached hydrogens (tertiary/aromatic N) is 1. The Hall–Kier alpha value is -1.76. The van der Waals surface area contributed by atoms with Gasteiger partial charge in [-0.05, 0) is 46.3 Å². The van der Waals surface area contributed by atoms with Gasteiger partial charge in [0, 0.05) is 22.6 Å². The van der Waals surface area contributed by atoms with Crippen molar-refractivity contribution < 1.29 is 9.53 Å². The molecule has 2 aromatic carbocycles. The molecular formula is C18H19BrClN3O2. The number of amides is 1. The van der Waals surface area contributed by atoms with Crippen LogP contribution in [0.4, 0.5) is 17.1 Å². The lowest BCUT2D eigenvalue weighted by Gasteiger charge is -2.30. The van der Waals surface area contributed by atoms with Gasteiger partial charge >= 0.3 is 0 Å². The summed E-state index contributed by atoms with van der Waals surface area (Å²) in [5, 5.41) is 6.71. The summed E-state index contributed by atoms with van der Waals surface area (Å²) in [4.78, 5) is 14.5. The molecule has 1 aliphatic heterocycles. The maximum Gasteiger partial charge on any atom is 0.243 e. The Kier molecular flexibility index (Phi) is 6.18. The van der Waals surface area contributed by atoms with Gasteiger partial charge in [-0.15, -0.1) is 0 Å². The molecule has 0 atom stereocenters. The zero-order valence-corrected chi connectivity index (χ0v) is 15.9. The van der Waals surface area contributed by atoms with E-state index in [0.717, 1.165) is 34.6 Å². The van der Waals surface area contributed by atoms with Crippen molar-refractivity contribution in [3.05, 3.63) is 52.0 Å². The monoisotopic (exact) mass is 423 g/mol. The molecule has 2 aromatic rings. The molecule has 0 radical (unpaired) electrons. The zero-order valence-electron chi connectivity index (χ0n) is 13.6. The molecule has 3 rings (SSSR count). The number of rotatable bonds is 5. The Morgan fingerprint density at radius 3 is 2.68 bits per heavy atom. The smallest absolute Gasteiger partial charge is 0.243 e. The molecule has 1 saturated heterocycles. The van der Waals surface area contributed by atoms with Crippen molar-refractivity contribution in [3.63, 3.8) is 0 Å². The molecule has 25 heavy (non-hydrogen) atoms. The SMILES string of the molecule is O=C(CNc1cc(Cl)ccc1N1CCOCC1)Nc1ccccc1Br. The maximum absolute atomic E-state index is 12.2. The third-order valence-electron chi connectivity index (χ3n) is 3.90.